The lowest BCUT2D eigenvalue weighted by Gasteiger charge is -2.17. The third kappa shape index (κ3) is 28.4. The van der Waals surface area contributed by atoms with E-state index in [0.29, 0.717) is 17.6 Å². The van der Waals surface area contributed by atoms with Gasteiger partial charge in [0.1, 0.15) is 5.78 Å². The highest BCUT2D eigenvalue weighted by Crippen LogP contribution is 2.25. The molecule has 0 aliphatic rings. The number of rotatable bonds is 30. The quantitative estimate of drug-likeness (QED) is 0.0813. The first-order valence-electron chi connectivity index (χ1n) is 19.4. The van der Waals surface area contributed by atoms with Crippen molar-refractivity contribution in [1.82, 2.24) is 0 Å². The van der Waals surface area contributed by atoms with Crippen LogP contribution in [0, 0.1) is 47.3 Å². The summed E-state index contributed by atoms with van der Waals surface area (Å²) in [5.74, 6) is 7.14. The summed E-state index contributed by atoms with van der Waals surface area (Å²) >= 11 is 0. The third-order valence-corrected chi connectivity index (χ3v) is 10.4. The maximum absolute atomic E-state index is 12.6. The van der Waals surface area contributed by atoms with E-state index in [1.807, 2.05) is 0 Å². The molecule has 0 aromatic rings. The van der Waals surface area contributed by atoms with E-state index >= 15 is 0 Å². The van der Waals surface area contributed by atoms with Crippen LogP contribution >= 0.6 is 0 Å². The second kappa shape index (κ2) is 27.0. The zero-order valence-electron chi connectivity index (χ0n) is 31.1. The Labute approximate surface area is 267 Å². The van der Waals surface area contributed by atoms with Gasteiger partial charge in [0.2, 0.25) is 0 Å². The van der Waals surface area contributed by atoms with Crippen LogP contribution in [0.1, 0.15) is 210 Å². The molecule has 0 fully saturated rings. The van der Waals surface area contributed by atoms with Crippen molar-refractivity contribution in [2.24, 2.45) is 47.3 Å². The highest BCUT2D eigenvalue weighted by atomic mass is 16.1. The predicted octanol–water partition coefficient (Wildman–Crippen LogP) is 14.3. The minimum absolute atomic E-state index is 0.514. The lowest BCUT2D eigenvalue weighted by atomic mass is 9.89. The topological polar surface area (TPSA) is 17.1 Å². The van der Waals surface area contributed by atoms with Crippen LogP contribution in [0.15, 0.2) is 0 Å². The van der Waals surface area contributed by atoms with Crippen LogP contribution in [0.25, 0.3) is 0 Å². The summed E-state index contributed by atoms with van der Waals surface area (Å²) < 4.78 is 0. The maximum Gasteiger partial charge on any atom is 0.132 e. The SMILES string of the molecule is CC(C)CCCC(C)CCCC(C)CCCC(C)CCC(=O)CCC(C)CCCC(C)CCCC(C)CCCC(C)C. The van der Waals surface area contributed by atoms with E-state index < -0.39 is 0 Å². The number of Topliss-reactive ketones (excluding diaryl/α,β-unsaturated/α-hetero) is 1. The molecule has 0 bridgehead atoms. The molecule has 1 heteroatoms. The minimum atomic E-state index is 0.514. The van der Waals surface area contributed by atoms with Crippen LogP contribution in [-0.2, 0) is 4.79 Å². The van der Waals surface area contributed by atoms with Gasteiger partial charge in [-0.2, -0.15) is 0 Å². The molecule has 6 unspecified atom stereocenters. The first-order valence-corrected chi connectivity index (χ1v) is 19.4. The monoisotopic (exact) mass is 591 g/mol. The molecule has 0 aliphatic heterocycles. The van der Waals surface area contributed by atoms with Crippen molar-refractivity contribution in [3.8, 4) is 0 Å². The van der Waals surface area contributed by atoms with Gasteiger partial charge in [0.25, 0.3) is 0 Å². The van der Waals surface area contributed by atoms with Crippen LogP contribution in [-0.4, -0.2) is 5.78 Å². The second-order valence-electron chi connectivity index (χ2n) is 16.6. The molecule has 0 N–H and O–H groups in total. The number of carbonyl (C=O) groups is 1. The van der Waals surface area contributed by atoms with Gasteiger partial charge >= 0.3 is 0 Å². The average molecular weight is 591 g/mol. The Bertz CT molecular complexity index is 542. The standard InChI is InChI=1S/C41H82O/c1-33(2)17-11-19-35(5)21-13-23-37(7)25-15-27-39(9)29-31-41(42)32-30-40(10)28-16-26-38(8)24-14-22-36(6)20-12-18-34(3)4/h33-40H,11-32H2,1-10H3. The Morgan fingerprint density at radius 1 is 0.310 bits per heavy atom. The van der Waals surface area contributed by atoms with Crippen LogP contribution in [0.2, 0.25) is 0 Å². The largest absolute Gasteiger partial charge is 0.300 e. The molecular weight excluding hydrogens is 508 g/mol. The average Bonchev–Trinajstić information content (AvgIpc) is 2.90. The number of hydrogen-bond donors (Lipinski definition) is 0. The molecule has 0 heterocycles. The van der Waals surface area contributed by atoms with Gasteiger partial charge in [0.15, 0.2) is 0 Å². The fraction of sp³-hybridized carbons (Fsp3) is 0.976. The van der Waals surface area contributed by atoms with Crippen molar-refractivity contribution in [3.63, 3.8) is 0 Å². The van der Waals surface area contributed by atoms with E-state index in [4.69, 9.17) is 0 Å². The molecular formula is C41H82O. The highest BCUT2D eigenvalue weighted by Gasteiger charge is 2.12. The van der Waals surface area contributed by atoms with Crippen molar-refractivity contribution >= 4 is 5.78 Å². The molecule has 0 aromatic heterocycles. The predicted molar refractivity (Wildman–Crippen MR) is 191 cm³/mol. The zero-order chi connectivity index (χ0) is 31.8. The summed E-state index contributed by atoms with van der Waals surface area (Å²) in [6, 6.07) is 0. The van der Waals surface area contributed by atoms with Gasteiger partial charge in [-0.1, -0.05) is 185 Å². The maximum atomic E-state index is 12.6. The molecule has 0 amide bonds. The van der Waals surface area contributed by atoms with Gasteiger partial charge in [-0.3, -0.25) is 4.79 Å². The van der Waals surface area contributed by atoms with Gasteiger partial charge < -0.3 is 0 Å². The molecule has 6 atom stereocenters. The van der Waals surface area contributed by atoms with E-state index in [0.717, 1.165) is 61.2 Å². The smallest absolute Gasteiger partial charge is 0.132 e. The Morgan fingerprint density at radius 2 is 0.500 bits per heavy atom. The molecule has 0 spiro atoms. The number of carbonyl (C=O) groups excluding carboxylic acids is 1. The van der Waals surface area contributed by atoms with Gasteiger partial charge in [-0.05, 0) is 60.2 Å². The van der Waals surface area contributed by atoms with Crippen molar-refractivity contribution in [3.05, 3.63) is 0 Å². The summed E-state index contributed by atoms with van der Waals surface area (Å²) in [4.78, 5) is 12.6. The first kappa shape index (κ1) is 41.7. The zero-order valence-corrected chi connectivity index (χ0v) is 31.1. The Morgan fingerprint density at radius 3 is 0.714 bits per heavy atom. The molecule has 0 saturated carbocycles. The van der Waals surface area contributed by atoms with Crippen molar-refractivity contribution in [2.75, 3.05) is 0 Å². The van der Waals surface area contributed by atoms with Crippen molar-refractivity contribution < 1.29 is 4.79 Å². The van der Waals surface area contributed by atoms with Crippen LogP contribution in [0.5, 0.6) is 0 Å². The summed E-state index contributed by atoms with van der Waals surface area (Å²) in [5, 5.41) is 0. The van der Waals surface area contributed by atoms with Crippen LogP contribution < -0.4 is 0 Å². The molecule has 252 valence electrons. The first-order chi connectivity index (χ1) is 19.9. The lowest BCUT2D eigenvalue weighted by Crippen LogP contribution is -2.06. The fourth-order valence-electron chi connectivity index (χ4n) is 6.81. The van der Waals surface area contributed by atoms with Gasteiger partial charge in [0, 0.05) is 12.8 Å². The van der Waals surface area contributed by atoms with E-state index in [1.54, 1.807) is 0 Å². The Hall–Kier alpha value is -0.330. The molecule has 0 radical (unpaired) electrons. The summed E-state index contributed by atoms with van der Waals surface area (Å²) in [6.07, 6.45) is 28.7. The summed E-state index contributed by atoms with van der Waals surface area (Å²) in [7, 11) is 0. The molecule has 0 saturated heterocycles. The van der Waals surface area contributed by atoms with Gasteiger partial charge in [0.05, 0.1) is 0 Å². The van der Waals surface area contributed by atoms with Gasteiger partial charge in [-0.15, -0.1) is 0 Å². The molecule has 42 heavy (non-hydrogen) atoms. The van der Waals surface area contributed by atoms with E-state index in [-0.39, 0.29) is 0 Å². The summed E-state index contributed by atoms with van der Waals surface area (Å²) in [5.41, 5.74) is 0. The number of hydrogen-bond acceptors (Lipinski definition) is 1. The Kier molecular flexibility index (Phi) is 26.8. The van der Waals surface area contributed by atoms with E-state index in [9.17, 15) is 4.79 Å². The van der Waals surface area contributed by atoms with E-state index in [1.165, 1.54) is 116 Å². The number of ketones is 1. The van der Waals surface area contributed by atoms with E-state index in [2.05, 4.69) is 69.2 Å². The Balaban J connectivity index is 3.75. The lowest BCUT2D eigenvalue weighted by molar-refractivity contribution is -0.119. The third-order valence-electron chi connectivity index (χ3n) is 10.4. The molecule has 0 aliphatic carbocycles. The van der Waals surface area contributed by atoms with Crippen molar-refractivity contribution in [1.29, 1.82) is 0 Å². The normalized spacial score (nSPS) is 16.5. The molecule has 0 aromatic carbocycles. The summed E-state index contributed by atoms with van der Waals surface area (Å²) in [6.45, 7) is 23.9. The van der Waals surface area contributed by atoms with Gasteiger partial charge in [-0.25, -0.2) is 0 Å². The minimum Gasteiger partial charge on any atom is -0.300 e. The van der Waals surface area contributed by atoms with Crippen LogP contribution in [0.4, 0.5) is 0 Å². The molecule has 0 rings (SSSR count). The van der Waals surface area contributed by atoms with Crippen molar-refractivity contribution in [2.45, 2.75) is 210 Å². The fourth-order valence-corrected chi connectivity index (χ4v) is 6.81. The second-order valence-corrected chi connectivity index (χ2v) is 16.6. The highest BCUT2D eigenvalue weighted by molar-refractivity contribution is 5.78. The van der Waals surface area contributed by atoms with Crippen LogP contribution in [0.3, 0.4) is 0 Å². The molecule has 1 nitrogen and oxygen atoms in total.